The van der Waals surface area contributed by atoms with Gasteiger partial charge in [-0.2, -0.15) is 0 Å². The van der Waals surface area contributed by atoms with Crippen molar-refractivity contribution in [2.75, 3.05) is 5.32 Å². The van der Waals surface area contributed by atoms with Gasteiger partial charge in [0.15, 0.2) is 0 Å². The van der Waals surface area contributed by atoms with E-state index in [1.165, 1.54) is 11.3 Å². The topological polar surface area (TPSA) is 79.3 Å². The van der Waals surface area contributed by atoms with Gasteiger partial charge in [0, 0.05) is 16.5 Å². The molecule has 128 valence electrons. The van der Waals surface area contributed by atoms with Crippen molar-refractivity contribution < 1.29 is 14.7 Å². The van der Waals surface area contributed by atoms with Crippen LogP contribution in [0.1, 0.15) is 48.8 Å². The predicted molar refractivity (Wildman–Crippen MR) is 95.7 cm³/mol. The van der Waals surface area contributed by atoms with Gasteiger partial charge >= 0.3 is 5.97 Å². The highest BCUT2D eigenvalue weighted by Crippen LogP contribution is 2.26. The minimum atomic E-state index is -0.814. The quantitative estimate of drug-likeness (QED) is 0.859. The normalized spacial score (nSPS) is 12.7. The van der Waals surface area contributed by atoms with Gasteiger partial charge in [0.2, 0.25) is 0 Å². The number of thiazole rings is 1. The van der Waals surface area contributed by atoms with E-state index in [4.69, 9.17) is 5.11 Å². The Kier molecular flexibility index (Phi) is 5.39. The van der Waals surface area contributed by atoms with Gasteiger partial charge in [0.1, 0.15) is 5.69 Å². The lowest BCUT2D eigenvalue weighted by molar-refractivity contribution is -0.141. The Morgan fingerprint density at radius 1 is 1.25 bits per heavy atom. The number of aromatic nitrogens is 1. The number of aliphatic carboxylic acids is 1. The number of carbonyl (C=O) groups excluding carboxylic acids is 1. The van der Waals surface area contributed by atoms with Crippen LogP contribution in [0.5, 0.6) is 0 Å². The summed E-state index contributed by atoms with van der Waals surface area (Å²) in [6.07, 6.45) is 0.463. The van der Waals surface area contributed by atoms with Crippen molar-refractivity contribution in [3.63, 3.8) is 0 Å². The van der Waals surface area contributed by atoms with E-state index in [-0.39, 0.29) is 11.3 Å². The molecule has 1 aromatic heterocycles. The van der Waals surface area contributed by atoms with E-state index in [0.717, 1.165) is 10.6 Å². The summed E-state index contributed by atoms with van der Waals surface area (Å²) in [5.41, 5.74) is 1.92. The Morgan fingerprint density at radius 2 is 1.88 bits per heavy atom. The highest BCUT2D eigenvalue weighted by molar-refractivity contribution is 7.10. The second-order valence-corrected chi connectivity index (χ2v) is 7.74. The molecule has 1 unspecified atom stereocenters. The maximum Gasteiger partial charge on any atom is 0.306 e. The molecule has 0 aliphatic heterocycles. The summed E-state index contributed by atoms with van der Waals surface area (Å²) in [6, 6.07) is 7.21. The van der Waals surface area contributed by atoms with Crippen LogP contribution in [-0.4, -0.2) is 22.0 Å². The molecule has 0 radical (unpaired) electrons. The third kappa shape index (κ3) is 4.64. The molecular formula is C18H22N2O3S. The third-order valence-corrected chi connectivity index (χ3v) is 4.82. The first-order valence-electron chi connectivity index (χ1n) is 7.76. The Hall–Kier alpha value is -2.21. The number of amides is 1. The number of hydrogen-bond donors (Lipinski definition) is 2. The summed E-state index contributed by atoms with van der Waals surface area (Å²) in [5, 5.41) is 14.4. The molecule has 24 heavy (non-hydrogen) atoms. The molecule has 0 bridgehead atoms. The summed E-state index contributed by atoms with van der Waals surface area (Å²) < 4.78 is 0. The Bertz CT molecular complexity index is 729. The molecule has 1 amide bonds. The monoisotopic (exact) mass is 346 g/mol. The number of hydrogen-bond acceptors (Lipinski definition) is 4. The molecular weight excluding hydrogens is 324 g/mol. The van der Waals surface area contributed by atoms with Gasteiger partial charge in [0.05, 0.1) is 10.9 Å². The van der Waals surface area contributed by atoms with E-state index >= 15 is 0 Å². The second-order valence-electron chi connectivity index (χ2n) is 6.88. The van der Waals surface area contributed by atoms with Crippen LogP contribution in [-0.2, 0) is 16.6 Å². The van der Waals surface area contributed by atoms with Gasteiger partial charge in [-0.15, -0.1) is 11.3 Å². The number of anilines is 1. The Morgan fingerprint density at radius 3 is 2.38 bits per heavy atom. The van der Waals surface area contributed by atoms with Crippen LogP contribution in [0.3, 0.4) is 0 Å². The molecule has 0 saturated carbocycles. The molecule has 0 saturated heterocycles. The molecule has 2 rings (SSSR count). The summed E-state index contributed by atoms with van der Waals surface area (Å²) in [5.74, 6) is -1.49. The van der Waals surface area contributed by atoms with Crippen molar-refractivity contribution in [3.05, 3.63) is 45.9 Å². The number of rotatable bonds is 5. The van der Waals surface area contributed by atoms with Crippen molar-refractivity contribution in [2.45, 2.75) is 39.5 Å². The van der Waals surface area contributed by atoms with Crippen LogP contribution in [0.4, 0.5) is 5.69 Å². The molecule has 6 heteroatoms. The van der Waals surface area contributed by atoms with Gasteiger partial charge in [-0.3, -0.25) is 9.59 Å². The SMILES string of the molecule is CC(Cc1ccc(NC(=O)c2csc(C(C)(C)C)n2)cc1)C(=O)O. The molecule has 0 aliphatic carbocycles. The molecule has 0 fully saturated rings. The van der Waals surface area contributed by atoms with Gasteiger partial charge in [-0.25, -0.2) is 4.98 Å². The maximum absolute atomic E-state index is 12.3. The molecule has 0 aliphatic rings. The van der Waals surface area contributed by atoms with Crippen molar-refractivity contribution in [1.29, 1.82) is 0 Å². The van der Waals surface area contributed by atoms with E-state index in [2.05, 4.69) is 31.1 Å². The standard InChI is InChI=1S/C18H22N2O3S/c1-11(16(22)23)9-12-5-7-13(8-6-12)19-15(21)14-10-24-17(20-14)18(2,3)4/h5-8,10-11H,9H2,1-4H3,(H,19,21)(H,22,23). The van der Waals surface area contributed by atoms with Gasteiger partial charge in [-0.1, -0.05) is 39.8 Å². The molecule has 5 nitrogen and oxygen atoms in total. The van der Waals surface area contributed by atoms with Crippen molar-refractivity contribution in [3.8, 4) is 0 Å². The lowest BCUT2D eigenvalue weighted by Gasteiger charge is -2.13. The van der Waals surface area contributed by atoms with E-state index in [1.807, 2.05) is 12.1 Å². The molecule has 2 N–H and O–H groups in total. The second kappa shape index (κ2) is 7.13. The van der Waals surface area contributed by atoms with E-state index in [0.29, 0.717) is 17.8 Å². The smallest absolute Gasteiger partial charge is 0.306 e. The zero-order valence-electron chi connectivity index (χ0n) is 14.3. The predicted octanol–water partition coefficient (Wildman–Crippen LogP) is 3.96. The van der Waals surface area contributed by atoms with Crippen LogP contribution < -0.4 is 5.32 Å². The Labute approximate surface area is 145 Å². The number of carboxylic acid groups (broad SMARTS) is 1. The van der Waals surface area contributed by atoms with Crippen molar-refractivity contribution in [2.24, 2.45) is 5.92 Å². The largest absolute Gasteiger partial charge is 0.481 e. The van der Waals surface area contributed by atoms with Crippen molar-refractivity contribution in [1.82, 2.24) is 4.98 Å². The fourth-order valence-corrected chi connectivity index (χ4v) is 2.97. The minimum absolute atomic E-state index is 0.0777. The first-order chi connectivity index (χ1) is 11.2. The van der Waals surface area contributed by atoms with Gasteiger partial charge in [0.25, 0.3) is 5.91 Å². The van der Waals surface area contributed by atoms with Crippen LogP contribution in [0.2, 0.25) is 0 Å². The first-order valence-corrected chi connectivity index (χ1v) is 8.64. The highest BCUT2D eigenvalue weighted by Gasteiger charge is 2.20. The minimum Gasteiger partial charge on any atom is -0.481 e. The number of nitrogens with one attached hydrogen (secondary N) is 1. The van der Waals surface area contributed by atoms with E-state index in [1.54, 1.807) is 24.4 Å². The number of nitrogens with zero attached hydrogens (tertiary/aromatic N) is 1. The third-order valence-electron chi connectivity index (χ3n) is 3.55. The average molecular weight is 346 g/mol. The van der Waals surface area contributed by atoms with Crippen molar-refractivity contribution >= 4 is 28.9 Å². The average Bonchev–Trinajstić information content (AvgIpc) is 2.99. The maximum atomic E-state index is 12.3. The fourth-order valence-electron chi connectivity index (χ4n) is 2.08. The zero-order chi connectivity index (χ0) is 17.9. The molecule has 1 atom stereocenters. The zero-order valence-corrected chi connectivity index (χ0v) is 15.1. The molecule has 0 spiro atoms. The molecule has 1 heterocycles. The van der Waals surface area contributed by atoms with Gasteiger partial charge < -0.3 is 10.4 Å². The van der Waals surface area contributed by atoms with Crippen LogP contribution in [0.25, 0.3) is 0 Å². The van der Waals surface area contributed by atoms with Gasteiger partial charge in [-0.05, 0) is 24.1 Å². The van der Waals surface area contributed by atoms with Crippen LogP contribution >= 0.6 is 11.3 Å². The number of benzene rings is 1. The highest BCUT2D eigenvalue weighted by atomic mass is 32.1. The lowest BCUT2D eigenvalue weighted by Crippen LogP contribution is -2.15. The number of carbonyl (C=O) groups is 2. The number of carboxylic acids is 1. The summed E-state index contributed by atoms with van der Waals surface area (Å²) in [6.45, 7) is 7.85. The van der Waals surface area contributed by atoms with E-state index < -0.39 is 11.9 Å². The Balaban J connectivity index is 2.02. The summed E-state index contributed by atoms with van der Waals surface area (Å²) >= 11 is 1.48. The lowest BCUT2D eigenvalue weighted by atomic mass is 9.98. The summed E-state index contributed by atoms with van der Waals surface area (Å²) in [4.78, 5) is 27.5. The van der Waals surface area contributed by atoms with Crippen LogP contribution in [0, 0.1) is 5.92 Å². The molecule has 2 aromatic rings. The first kappa shape index (κ1) is 18.1. The van der Waals surface area contributed by atoms with Crippen LogP contribution in [0.15, 0.2) is 29.6 Å². The summed E-state index contributed by atoms with van der Waals surface area (Å²) in [7, 11) is 0. The fraction of sp³-hybridized carbons (Fsp3) is 0.389. The molecule has 1 aromatic carbocycles. The van der Waals surface area contributed by atoms with E-state index in [9.17, 15) is 9.59 Å².